The van der Waals surface area contributed by atoms with E-state index in [2.05, 4.69) is 27.4 Å². The summed E-state index contributed by atoms with van der Waals surface area (Å²) in [6, 6.07) is 8.30. The number of benzene rings is 1. The van der Waals surface area contributed by atoms with Crippen molar-refractivity contribution >= 4 is 22.7 Å². The Morgan fingerprint density at radius 1 is 1.17 bits per heavy atom. The van der Waals surface area contributed by atoms with Gasteiger partial charge >= 0.3 is 0 Å². The van der Waals surface area contributed by atoms with Crippen LogP contribution in [0.2, 0.25) is 0 Å². The van der Waals surface area contributed by atoms with Crippen molar-refractivity contribution < 1.29 is 4.39 Å². The fraction of sp³-hybridized carbons (Fsp3) is 0.333. The maximum absolute atomic E-state index is 13.2. The van der Waals surface area contributed by atoms with E-state index in [1.54, 1.807) is 12.1 Å². The molecule has 0 amide bonds. The van der Waals surface area contributed by atoms with Crippen LogP contribution in [0.1, 0.15) is 32.6 Å². The van der Waals surface area contributed by atoms with Gasteiger partial charge in [-0.05, 0) is 30.2 Å². The molecule has 0 saturated heterocycles. The molecule has 0 aliphatic rings. The van der Waals surface area contributed by atoms with E-state index < -0.39 is 0 Å². The molecule has 5 nitrogen and oxygen atoms in total. The number of hydrogen-bond donors (Lipinski definition) is 3. The molecule has 0 radical (unpaired) electrons. The zero-order valence-corrected chi connectivity index (χ0v) is 13.8. The minimum absolute atomic E-state index is 0.265. The molecular weight excluding hydrogens is 305 g/mol. The molecule has 0 aliphatic heterocycles. The molecule has 6 heteroatoms. The topological polar surface area (TPSA) is 79.6 Å². The average molecular weight is 327 g/mol. The van der Waals surface area contributed by atoms with Crippen LogP contribution in [0.5, 0.6) is 0 Å². The third-order valence-corrected chi connectivity index (χ3v) is 4.04. The molecule has 0 unspecified atom stereocenters. The quantitative estimate of drug-likeness (QED) is 0.564. The molecule has 0 bridgehead atoms. The van der Waals surface area contributed by atoms with E-state index in [4.69, 9.17) is 5.73 Å². The van der Waals surface area contributed by atoms with Crippen LogP contribution in [0.4, 0.5) is 16.0 Å². The van der Waals surface area contributed by atoms with Crippen molar-refractivity contribution in [1.29, 1.82) is 0 Å². The molecule has 24 heavy (non-hydrogen) atoms. The Kier molecular flexibility index (Phi) is 4.93. The van der Waals surface area contributed by atoms with Crippen molar-refractivity contribution in [3.63, 3.8) is 0 Å². The van der Waals surface area contributed by atoms with Crippen molar-refractivity contribution in [3.8, 4) is 11.1 Å². The Morgan fingerprint density at radius 2 is 1.96 bits per heavy atom. The van der Waals surface area contributed by atoms with E-state index >= 15 is 0 Å². The van der Waals surface area contributed by atoms with Crippen LogP contribution in [-0.4, -0.2) is 21.7 Å². The molecule has 0 saturated carbocycles. The van der Waals surface area contributed by atoms with Crippen LogP contribution < -0.4 is 11.1 Å². The maximum Gasteiger partial charge on any atom is 0.185 e. The Labute approximate surface area is 140 Å². The van der Waals surface area contributed by atoms with Gasteiger partial charge in [0, 0.05) is 12.1 Å². The number of rotatable bonds is 7. The number of nitrogen functional groups attached to an aromatic ring is 1. The van der Waals surface area contributed by atoms with Gasteiger partial charge in [0.25, 0.3) is 0 Å². The van der Waals surface area contributed by atoms with E-state index in [9.17, 15) is 4.39 Å². The summed E-state index contributed by atoms with van der Waals surface area (Å²) in [6.07, 6.45) is 4.75. The Morgan fingerprint density at radius 3 is 2.71 bits per heavy atom. The Bertz CT molecular complexity index is 810. The van der Waals surface area contributed by atoms with Gasteiger partial charge in [0.1, 0.15) is 17.5 Å². The van der Waals surface area contributed by atoms with Gasteiger partial charge < -0.3 is 11.1 Å². The molecule has 4 N–H and O–H groups in total. The highest BCUT2D eigenvalue weighted by Gasteiger charge is 2.13. The molecule has 3 rings (SSSR count). The molecular formula is C18H22FN5. The zero-order valence-electron chi connectivity index (χ0n) is 13.8. The lowest BCUT2D eigenvalue weighted by Gasteiger charge is -2.09. The first-order valence-corrected chi connectivity index (χ1v) is 8.33. The number of nitrogens with two attached hydrogens (primary N) is 1. The van der Waals surface area contributed by atoms with Gasteiger partial charge in [-0.3, -0.25) is 5.10 Å². The Hall–Kier alpha value is -2.63. The highest BCUT2D eigenvalue weighted by Crippen LogP contribution is 2.32. The largest absolute Gasteiger partial charge is 0.383 e. The van der Waals surface area contributed by atoms with E-state index in [1.165, 1.54) is 31.4 Å². The fourth-order valence-corrected chi connectivity index (χ4v) is 2.76. The SMILES string of the molecule is CCCCCCNc1cc(-c2ccc(F)cc2)c2c(N)[nH]nc2n1. The van der Waals surface area contributed by atoms with Crippen molar-refractivity contribution in [1.82, 2.24) is 15.2 Å². The number of pyridine rings is 1. The summed E-state index contributed by atoms with van der Waals surface area (Å²) in [5, 5.41) is 11.0. The molecule has 0 atom stereocenters. The summed E-state index contributed by atoms with van der Waals surface area (Å²) in [5.74, 6) is 0.953. The average Bonchev–Trinajstić information content (AvgIpc) is 2.96. The summed E-state index contributed by atoms with van der Waals surface area (Å²) in [4.78, 5) is 4.51. The van der Waals surface area contributed by atoms with E-state index in [1.807, 2.05) is 6.07 Å². The number of nitrogens with one attached hydrogen (secondary N) is 2. The fourth-order valence-electron chi connectivity index (χ4n) is 2.76. The smallest absolute Gasteiger partial charge is 0.185 e. The first-order chi connectivity index (χ1) is 11.7. The second-order valence-corrected chi connectivity index (χ2v) is 5.89. The van der Waals surface area contributed by atoms with Crippen LogP contribution in [0, 0.1) is 5.82 Å². The third-order valence-electron chi connectivity index (χ3n) is 4.04. The lowest BCUT2D eigenvalue weighted by molar-refractivity contribution is 0.628. The van der Waals surface area contributed by atoms with Crippen molar-refractivity contribution in [2.45, 2.75) is 32.6 Å². The van der Waals surface area contributed by atoms with E-state index in [0.717, 1.165) is 35.3 Å². The highest BCUT2D eigenvalue weighted by atomic mass is 19.1. The lowest BCUT2D eigenvalue weighted by Crippen LogP contribution is -2.04. The third kappa shape index (κ3) is 3.48. The van der Waals surface area contributed by atoms with Gasteiger partial charge in [-0.1, -0.05) is 38.3 Å². The van der Waals surface area contributed by atoms with Gasteiger partial charge in [0.15, 0.2) is 5.65 Å². The first kappa shape index (κ1) is 16.2. The number of nitrogens with zero attached hydrogens (tertiary/aromatic N) is 2. The summed E-state index contributed by atoms with van der Waals surface area (Å²) < 4.78 is 13.2. The molecule has 1 aromatic carbocycles. The van der Waals surface area contributed by atoms with Gasteiger partial charge in [-0.2, -0.15) is 5.10 Å². The number of aromatic nitrogens is 3. The van der Waals surface area contributed by atoms with Crippen LogP contribution in [0.25, 0.3) is 22.2 Å². The Balaban J connectivity index is 1.90. The molecule has 3 aromatic rings. The number of hydrogen-bond acceptors (Lipinski definition) is 4. The van der Waals surface area contributed by atoms with Gasteiger partial charge in [0.2, 0.25) is 0 Å². The van der Waals surface area contributed by atoms with Crippen molar-refractivity contribution in [2.75, 3.05) is 17.6 Å². The predicted octanol–water partition coefficient (Wildman–Crippen LogP) is 4.34. The number of halogens is 1. The summed E-state index contributed by atoms with van der Waals surface area (Å²) in [7, 11) is 0. The minimum Gasteiger partial charge on any atom is -0.383 e. The lowest BCUT2D eigenvalue weighted by atomic mass is 10.0. The molecule has 2 aromatic heterocycles. The first-order valence-electron chi connectivity index (χ1n) is 8.33. The molecule has 0 aliphatic carbocycles. The van der Waals surface area contributed by atoms with Crippen LogP contribution in [0.3, 0.4) is 0 Å². The monoisotopic (exact) mass is 327 g/mol. The summed E-state index contributed by atoms with van der Waals surface area (Å²) >= 11 is 0. The van der Waals surface area contributed by atoms with Crippen molar-refractivity contribution in [2.24, 2.45) is 0 Å². The molecule has 0 spiro atoms. The van der Waals surface area contributed by atoms with Crippen molar-refractivity contribution in [3.05, 3.63) is 36.1 Å². The maximum atomic E-state index is 13.2. The number of aromatic amines is 1. The van der Waals surface area contributed by atoms with E-state index in [-0.39, 0.29) is 5.82 Å². The number of anilines is 2. The number of unbranched alkanes of at least 4 members (excludes halogenated alkanes) is 3. The zero-order chi connectivity index (χ0) is 16.9. The molecule has 126 valence electrons. The van der Waals surface area contributed by atoms with Gasteiger partial charge in [0.05, 0.1) is 5.39 Å². The predicted molar refractivity (Wildman–Crippen MR) is 96.3 cm³/mol. The van der Waals surface area contributed by atoms with Gasteiger partial charge in [-0.25, -0.2) is 9.37 Å². The molecule has 0 fully saturated rings. The van der Waals surface area contributed by atoms with Crippen LogP contribution >= 0.6 is 0 Å². The summed E-state index contributed by atoms with van der Waals surface area (Å²) in [5.41, 5.74) is 8.33. The van der Waals surface area contributed by atoms with Crippen LogP contribution in [0.15, 0.2) is 30.3 Å². The standard InChI is InChI=1S/C18H22FN5/c1-2-3-4-5-10-21-15-11-14(12-6-8-13(19)9-7-12)16-17(20)23-24-18(16)22-15/h6-9,11H,2-5,10H2,1H3,(H4,20,21,22,23,24). The minimum atomic E-state index is -0.265. The molecule has 2 heterocycles. The summed E-state index contributed by atoms with van der Waals surface area (Å²) in [6.45, 7) is 3.06. The normalized spacial score (nSPS) is 11.1. The second-order valence-electron chi connectivity index (χ2n) is 5.89. The number of H-pyrrole nitrogens is 1. The van der Waals surface area contributed by atoms with Crippen LogP contribution in [-0.2, 0) is 0 Å². The second kappa shape index (κ2) is 7.29. The number of fused-ring (bicyclic) bond motifs is 1. The highest BCUT2D eigenvalue weighted by molar-refractivity contribution is 6.00. The van der Waals surface area contributed by atoms with Gasteiger partial charge in [-0.15, -0.1) is 0 Å². The van der Waals surface area contributed by atoms with E-state index in [0.29, 0.717) is 11.5 Å².